The summed E-state index contributed by atoms with van der Waals surface area (Å²) < 4.78 is 7.59. The van der Waals surface area contributed by atoms with E-state index >= 15 is 0 Å². The van der Waals surface area contributed by atoms with Gasteiger partial charge in [-0.2, -0.15) is 0 Å². The van der Waals surface area contributed by atoms with Crippen LogP contribution >= 0.6 is 0 Å². The summed E-state index contributed by atoms with van der Waals surface area (Å²) in [6.45, 7) is 2.55. The zero-order valence-corrected chi connectivity index (χ0v) is 12.2. The van der Waals surface area contributed by atoms with E-state index in [2.05, 4.69) is 34.3 Å². The monoisotopic (exact) mass is 289 g/mol. The van der Waals surface area contributed by atoms with Crippen molar-refractivity contribution in [2.45, 2.75) is 25.2 Å². The molecule has 2 heterocycles. The lowest BCUT2D eigenvalue weighted by molar-refractivity contribution is 0.345. The summed E-state index contributed by atoms with van der Waals surface area (Å²) in [7, 11) is 0. The molecule has 0 amide bonds. The summed E-state index contributed by atoms with van der Waals surface area (Å²) in [5.74, 6) is 6.48. The highest BCUT2D eigenvalue weighted by molar-refractivity contribution is 5.73. The number of nitrogens with zero attached hydrogens (tertiary/aromatic N) is 3. The first-order valence-electron chi connectivity index (χ1n) is 7.31. The zero-order valence-electron chi connectivity index (χ0n) is 12.2. The predicted molar refractivity (Wildman–Crippen MR) is 84.0 cm³/mol. The SMILES string of the molecule is CC1OC1(C#CCn1nnc2ccccc21)c1ccccc1. The second-order valence-corrected chi connectivity index (χ2v) is 5.40. The Hall–Kier alpha value is -2.64. The molecule has 1 saturated heterocycles. The van der Waals surface area contributed by atoms with Crippen LogP contribution in [0.3, 0.4) is 0 Å². The maximum absolute atomic E-state index is 5.78. The zero-order chi connectivity index (χ0) is 15.0. The minimum atomic E-state index is -0.461. The van der Waals surface area contributed by atoms with Crippen LogP contribution in [0.25, 0.3) is 11.0 Å². The van der Waals surface area contributed by atoms with Crippen LogP contribution in [0, 0.1) is 11.8 Å². The van der Waals surface area contributed by atoms with E-state index in [1.54, 1.807) is 0 Å². The number of ether oxygens (including phenoxy) is 1. The van der Waals surface area contributed by atoms with E-state index in [9.17, 15) is 0 Å². The highest BCUT2D eigenvalue weighted by Gasteiger charge is 2.53. The molecule has 3 aromatic rings. The topological polar surface area (TPSA) is 43.2 Å². The van der Waals surface area contributed by atoms with E-state index in [1.807, 2.05) is 54.1 Å². The van der Waals surface area contributed by atoms with Crippen molar-refractivity contribution in [3.8, 4) is 11.8 Å². The van der Waals surface area contributed by atoms with Crippen molar-refractivity contribution in [1.82, 2.24) is 15.0 Å². The lowest BCUT2D eigenvalue weighted by Crippen LogP contribution is -2.09. The van der Waals surface area contributed by atoms with Crippen molar-refractivity contribution in [2.75, 3.05) is 0 Å². The third-order valence-electron chi connectivity index (χ3n) is 4.00. The van der Waals surface area contributed by atoms with Crippen LogP contribution in [-0.4, -0.2) is 21.1 Å². The van der Waals surface area contributed by atoms with Crippen molar-refractivity contribution >= 4 is 11.0 Å². The molecule has 0 bridgehead atoms. The molecule has 4 rings (SSSR count). The van der Waals surface area contributed by atoms with Gasteiger partial charge in [0, 0.05) is 0 Å². The average molecular weight is 289 g/mol. The van der Waals surface area contributed by atoms with Crippen LogP contribution in [0.2, 0.25) is 0 Å². The molecule has 0 radical (unpaired) electrons. The van der Waals surface area contributed by atoms with Gasteiger partial charge in [0.25, 0.3) is 0 Å². The fourth-order valence-corrected chi connectivity index (χ4v) is 2.72. The van der Waals surface area contributed by atoms with Gasteiger partial charge in [-0.05, 0) is 24.6 Å². The second kappa shape index (κ2) is 4.97. The first-order chi connectivity index (χ1) is 10.8. The van der Waals surface area contributed by atoms with Crippen molar-refractivity contribution in [2.24, 2.45) is 0 Å². The Morgan fingerprint density at radius 3 is 2.64 bits per heavy atom. The van der Waals surface area contributed by atoms with Gasteiger partial charge in [-0.25, -0.2) is 4.68 Å². The highest BCUT2D eigenvalue weighted by Crippen LogP contribution is 2.45. The van der Waals surface area contributed by atoms with Crippen LogP contribution in [0.15, 0.2) is 54.6 Å². The summed E-state index contributed by atoms with van der Waals surface area (Å²) >= 11 is 0. The summed E-state index contributed by atoms with van der Waals surface area (Å²) in [6.07, 6.45) is 0.120. The van der Waals surface area contributed by atoms with Gasteiger partial charge >= 0.3 is 0 Å². The third-order valence-corrected chi connectivity index (χ3v) is 4.00. The van der Waals surface area contributed by atoms with Gasteiger partial charge < -0.3 is 4.74 Å². The van der Waals surface area contributed by atoms with E-state index in [-0.39, 0.29) is 6.10 Å². The summed E-state index contributed by atoms with van der Waals surface area (Å²) in [5.41, 5.74) is 2.53. The largest absolute Gasteiger partial charge is 0.348 e. The van der Waals surface area contributed by atoms with Crippen molar-refractivity contribution in [1.29, 1.82) is 0 Å². The van der Waals surface area contributed by atoms with Crippen LogP contribution in [0.4, 0.5) is 0 Å². The second-order valence-electron chi connectivity index (χ2n) is 5.40. The van der Waals surface area contributed by atoms with Gasteiger partial charge in [0.15, 0.2) is 5.60 Å². The number of aromatic nitrogens is 3. The smallest absolute Gasteiger partial charge is 0.180 e. The minimum absolute atomic E-state index is 0.120. The van der Waals surface area contributed by atoms with Crippen LogP contribution < -0.4 is 0 Å². The molecule has 1 aromatic heterocycles. The molecule has 4 nitrogen and oxygen atoms in total. The van der Waals surface area contributed by atoms with Crippen molar-refractivity contribution < 1.29 is 4.74 Å². The molecular formula is C18H15N3O. The van der Waals surface area contributed by atoms with Crippen LogP contribution in [0.1, 0.15) is 12.5 Å². The Balaban J connectivity index is 1.61. The number of rotatable bonds is 2. The molecule has 2 aromatic carbocycles. The Kier molecular flexibility index (Phi) is 2.95. The molecule has 108 valence electrons. The van der Waals surface area contributed by atoms with Gasteiger partial charge in [0.05, 0.1) is 5.52 Å². The van der Waals surface area contributed by atoms with Gasteiger partial charge in [-0.15, -0.1) is 5.10 Å². The maximum Gasteiger partial charge on any atom is 0.180 e. The molecule has 0 saturated carbocycles. The number of epoxide rings is 1. The lowest BCUT2D eigenvalue weighted by atomic mass is 9.96. The molecule has 0 spiro atoms. The summed E-state index contributed by atoms with van der Waals surface area (Å²) in [4.78, 5) is 0. The number of hydrogen-bond acceptors (Lipinski definition) is 3. The summed E-state index contributed by atoms with van der Waals surface area (Å²) in [5, 5.41) is 8.29. The average Bonchev–Trinajstić information content (AvgIpc) is 3.04. The number of hydrogen-bond donors (Lipinski definition) is 0. The van der Waals surface area contributed by atoms with Gasteiger partial charge in [-0.3, -0.25) is 0 Å². The number of benzene rings is 2. The maximum atomic E-state index is 5.78. The molecule has 1 aliphatic rings. The van der Waals surface area contributed by atoms with E-state index in [4.69, 9.17) is 4.74 Å². The highest BCUT2D eigenvalue weighted by atomic mass is 16.6. The Labute approximate surface area is 128 Å². The Morgan fingerprint density at radius 2 is 1.86 bits per heavy atom. The fraction of sp³-hybridized carbons (Fsp3) is 0.222. The number of para-hydroxylation sites is 1. The minimum Gasteiger partial charge on any atom is -0.348 e. The quantitative estimate of drug-likeness (QED) is 0.538. The van der Waals surface area contributed by atoms with Crippen molar-refractivity contribution in [3.05, 3.63) is 60.2 Å². The first kappa shape index (κ1) is 13.1. The molecule has 0 N–H and O–H groups in total. The molecule has 1 fully saturated rings. The van der Waals surface area contributed by atoms with Crippen molar-refractivity contribution in [3.63, 3.8) is 0 Å². The Bertz CT molecular complexity index is 875. The van der Waals surface area contributed by atoms with E-state index in [0.717, 1.165) is 16.6 Å². The van der Waals surface area contributed by atoms with Gasteiger partial charge in [-0.1, -0.05) is 59.5 Å². The molecule has 22 heavy (non-hydrogen) atoms. The molecule has 4 heteroatoms. The van der Waals surface area contributed by atoms with Crippen LogP contribution in [0.5, 0.6) is 0 Å². The first-order valence-corrected chi connectivity index (χ1v) is 7.31. The predicted octanol–water partition coefficient (Wildman–Crippen LogP) is 2.75. The van der Waals surface area contributed by atoms with Gasteiger partial charge in [0.1, 0.15) is 18.2 Å². The van der Waals surface area contributed by atoms with E-state index < -0.39 is 5.60 Å². The molecule has 2 unspecified atom stereocenters. The fourth-order valence-electron chi connectivity index (χ4n) is 2.72. The van der Waals surface area contributed by atoms with Crippen LogP contribution in [-0.2, 0) is 16.9 Å². The summed E-state index contributed by atoms with van der Waals surface area (Å²) in [6, 6.07) is 18.0. The Morgan fingerprint density at radius 1 is 1.14 bits per heavy atom. The molecule has 1 aliphatic heterocycles. The number of fused-ring (bicyclic) bond motifs is 1. The molecule has 2 atom stereocenters. The normalized spacial score (nSPS) is 23.0. The van der Waals surface area contributed by atoms with Gasteiger partial charge in [0.2, 0.25) is 0 Å². The molecule has 0 aliphatic carbocycles. The lowest BCUT2D eigenvalue weighted by Gasteiger charge is -2.04. The third kappa shape index (κ3) is 2.07. The van der Waals surface area contributed by atoms with E-state index in [1.165, 1.54) is 0 Å². The van der Waals surface area contributed by atoms with E-state index in [0.29, 0.717) is 6.54 Å². The molecular weight excluding hydrogens is 274 g/mol. The standard InChI is InChI=1S/C18H15N3O/c1-14-18(22-14,15-8-3-2-4-9-15)12-7-13-21-17-11-6-5-10-16(17)19-20-21/h2-6,8-11,14H,13H2,1H3.